The predicted molar refractivity (Wildman–Crippen MR) is 157 cm³/mol. The number of fused-ring (bicyclic) bond motifs is 2. The van der Waals surface area contributed by atoms with Crippen molar-refractivity contribution in [3.05, 3.63) is 113 Å². The first kappa shape index (κ1) is 27.9. The number of aliphatic hydroxyl groups is 2. The second-order valence-electron chi connectivity index (χ2n) is 10.2. The first-order valence-electron chi connectivity index (χ1n) is 13.5. The molecule has 1 aliphatic rings. The standard InChI is InChI=1S/C32H32N4O5/c1-22(9-8-14-29(38)35(17-18-37)21-23-10-4-3-5-11-23)32(41)27-19-25(15-16-28(27)34(2)31(32)40)36-30(39)26-13-7-6-12-24(26)20-33-36/h3-13,15-16,19-20,22,37,41H,14,17-18,21H2,1-2H3/b9-8+/t22-,32+/m1/s1. The number of carbonyl (C=O) groups is 2. The molecule has 41 heavy (non-hydrogen) atoms. The van der Waals surface area contributed by atoms with Crippen LogP contribution in [0, 0.1) is 5.92 Å². The summed E-state index contributed by atoms with van der Waals surface area (Å²) in [6, 6.07) is 21.7. The summed E-state index contributed by atoms with van der Waals surface area (Å²) in [5, 5.41) is 26.8. The molecule has 0 aliphatic carbocycles. The summed E-state index contributed by atoms with van der Waals surface area (Å²) in [5.74, 6) is -1.38. The van der Waals surface area contributed by atoms with Gasteiger partial charge < -0.3 is 20.0 Å². The third-order valence-corrected chi connectivity index (χ3v) is 7.64. The maximum Gasteiger partial charge on any atom is 0.279 e. The number of aliphatic hydroxyl groups excluding tert-OH is 1. The van der Waals surface area contributed by atoms with Crippen molar-refractivity contribution in [2.75, 3.05) is 25.1 Å². The van der Waals surface area contributed by atoms with Gasteiger partial charge in [0.2, 0.25) is 5.91 Å². The molecule has 0 unspecified atom stereocenters. The number of anilines is 1. The summed E-state index contributed by atoms with van der Waals surface area (Å²) in [7, 11) is 1.59. The van der Waals surface area contributed by atoms with E-state index in [9.17, 15) is 24.6 Å². The zero-order valence-corrected chi connectivity index (χ0v) is 23.0. The molecule has 5 rings (SSSR count). The summed E-state index contributed by atoms with van der Waals surface area (Å²) < 4.78 is 1.26. The van der Waals surface area contributed by atoms with Gasteiger partial charge in [-0.3, -0.25) is 14.4 Å². The molecule has 210 valence electrons. The van der Waals surface area contributed by atoms with E-state index in [1.54, 1.807) is 67.6 Å². The summed E-state index contributed by atoms with van der Waals surface area (Å²) in [5.41, 5.74) is 0.0522. The van der Waals surface area contributed by atoms with E-state index >= 15 is 0 Å². The van der Waals surface area contributed by atoms with Gasteiger partial charge in [-0.05, 0) is 29.8 Å². The van der Waals surface area contributed by atoms with E-state index < -0.39 is 17.4 Å². The molecule has 0 fully saturated rings. The number of benzene rings is 3. The van der Waals surface area contributed by atoms with Gasteiger partial charge in [0.1, 0.15) is 0 Å². The normalized spacial score (nSPS) is 17.3. The van der Waals surface area contributed by atoms with Crippen LogP contribution in [-0.2, 0) is 21.7 Å². The van der Waals surface area contributed by atoms with Crippen LogP contribution in [0.1, 0.15) is 24.5 Å². The lowest BCUT2D eigenvalue weighted by molar-refractivity contribution is -0.139. The Hall–Kier alpha value is -4.60. The predicted octanol–water partition coefficient (Wildman–Crippen LogP) is 3.15. The number of nitrogens with zero attached hydrogens (tertiary/aromatic N) is 4. The molecule has 1 aromatic heterocycles. The molecule has 2 amide bonds. The highest BCUT2D eigenvalue weighted by molar-refractivity contribution is 6.07. The van der Waals surface area contributed by atoms with Crippen LogP contribution in [0.15, 0.2) is 95.9 Å². The molecule has 2 N–H and O–H groups in total. The van der Waals surface area contributed by atoms with Gasteiger partial charge in [-0.2, -0.15) is 9.78 Å². The first-order valence-corrected chi connectivity index (χ1v) is 13.5. The second-order valence-corrected chi connectivity index (χ2v) is 10.2. The van der Waals surface area contributed by atoms with Gasteiger partial charge in [0.15, 0.2) is 5.60 Å². The Labute approximate surface area is 237 Å². The van der Waals surface area contributed by atoms with Gasteiger partial charge in [-0.15, -0.1) is 0 Å². The molecule has 1 aliphatic heterocycles. The second kappa shape index (κ2) is 11.5. The maximum absolute atomic E-state index is 13.4. The topological polar surface area (TPSA) is 116 Å². The molecule has 0 spiro atoms. The lowest BCUT2D eigenvalue weighted by atomic mass is 9.82. The first-order chi connectivity index (χ1) is 19.8. The Kier molecular flexibility index (Phi) is 7.83. The SMILES string of the molecule is C[C@H](/C=C/CC(=O)N(CCO)Cc1ccccc1)[C@@]1(O)C(=O)N(C)c2ccc(-n3ncc4ccccc4c3=O)cc21. The van der Waals surface area contributed by atoms with Gasteiger partial charge in [-0.25, -0.2) is 0 Å². The Balaban J connectivity index is 1.40. The molecule has 0 radical (unpaired) electrons. The number of hydrogen-bond acceptors (Lipinski definition) is 6. The number of amides is 2. The van der Waals surface area contributed by atoms with Crippen molar-refractivity contribution in [3.8, 4) is 5.69 Å². The van der Waals surface area contributed by atoms with Crippen LogP contribution < -0.4 is 10.5 Å². The van der Waals surface area contributed by atoms with E-state index in [0.717, 1.165) is 10.9 Å². The van der Waals surface area contributed by atoms with E-state index in [0.29, 0.717) is 28.9 Å². The van der Waals surface area contributed by atoms with E-state index in [-0.39, 0.29) is 31.0 Å². The molecule has 0 bridgehead atoms. The van der Waals surface area contributed by atoms with Gasteiger partial charge >= 0.3 is 0 Å². The van der Waals surface area contributed by atoms with Crippen molar-refractivity contribution >= 4 is 28.3 Å². The van der Waals surface area contributed by atoms with Crippen molar-refractivity contribution in [3.63, 3.8) is 0 Å². The number of rotatable bonds is 9. The quantitative estimate of drug-likeness (QED) is 0.308. The minimum atomic E-state index is -1.91. The number of carbonyl (C=O) groups excluding carboxylic acids is 2. The Bertz CT molecular complexity index is 1680. The van der Waals surface area contributed by atoms with Gasteiger partial charge in [0.05, 0.1) is 29.6 Å². The Morgan fingerprint density at radius 2 is 1.80 bits per heavy atom. The molecule has 3 aromatic carbocycles. The van der Waals surface area contributed by atoms with Crippen molar-refractivity contribution in [1.29, 1.82) is 0 Å². The Morgan fingerprint density at radius 3 is 2.56 bits per heavy atom. The molecule has 4 aromatic rings. The van der Waals surface area contributed by atoms with Crippen LogP contribution in [0.25, 0.3) is 16.5 Å². The van der Waals surface area contributed by atoms with Gasteiger partial charge in [0.25, 0.3) is 11.5 Å². The largest absolute Gasteiger partial charge is 0.395 e. The van der Waals surface area contributed by atoms with Crippen LogP contribution in [-0.4, -0.2) is 56.9 Å². The average molecular weight is 553 g/mol. The monoisotopic (exact) mass is 552 g/mol. The highest BCUT2D eigenvalue weighted by Crippen LogP contribution is 2.45. The third kappa shape index (κ3) is 5.17. The molecular formula is C32H32N4O5. The van der Waals surface area contributed by atoms with Crippen molar-refractivity contribution in [1.82, 2.24) is 14.7 Å². The number of aromatic nitrogens is 2. The molecule has 2 heterocycles. The Morgan fingerprint density at radius 1 is 1.07 bits per heavy atom. The molecule has 9 heteroatoms. The summed E-state index contributed by atoms with van der Waals surface area (Å²) >= 11 is 0. The lowest BCUT2D eigenvalue weighted by Crippen LogP contribution is -2.43. The van der Waals surface area contributed by atoms with Crippen molar-refractivity contribution in [2.45, 2.75) is 25.5 Å². The zero-order valence-electron chi connectivity index (χ0n) is 23.0. The van der Waals surface area contributed by atoms with Gasteiger partial charge in [0, 0.05) is 43.4 Å². The fourth-order valence-corrected chi connectivity index (χ4v) is 5.31. The molecular weight excluding hydrogens is 520 g/mol. The van der Waals surface area contributed by atoms with Crippen LogP contribution >= 0.6 is 0 Å². The highest BCUT2D eigenvalue weighted by Gasteiger charge is 2.51. The van der Waals surface area contributed by atoms with E-state index in [1.165, 1.54) is 9.58 Å². The van der Waals surface area contributed by atoms with E-state index in [1.807, 2.05) is 42.5 Å². The maximum atomic E-state index is 13.4. The fraction of sp³-hybridized carbons (Fsp3) is 0.250. The smallest absolute Gasteiger partial charge is 0.279 e. The minimum absolute atomic E-state index is 0.0422. The highest BCUT2D eigenvalue weighted by atomic mass is 16.3. The zero-order chi connectivity index (χ0) is 29.1. The average Bonchev–Trinajstić information content (AvgIpc) is 3.19. The minimum Gasteiger partial charge on any atom is -0.395 e. The van der Waals surface area contributed by atoms with Crippen molar-refractivity contribution < 1.29 is 19.8 Å². The molecule has 2 atom stereocenters. The van der Waals surface area contributed by atoms with Crippen molar-refractivity contribution in [2.24, 2.45) is 5.92 Å². The molecule has 0 saturated carbocycles. The fourth-order valence-electron chi connectivity index (χ4n) is 5.31. The molecule has 0 saturated heterocycles. The third-order valence-electron chi connectivity index (χ3n) is 7.64. The number of hydrogen-bond donors (Lipinski definition) is 2. The van der Waals surface area contributed by atoms with Crippen LogP contribution in [0.2, 0.25) is 0 Å². The van der Waals surface area contributed by atoms with E-state index in [2.05, 4.69) is 5.10 Å². The van der Waals surface area contributed by atoms with Crippen LogP contribution in [0.4, 0.5) is 5.69 Å². The van der Waals surface area contributed by atoms with Crippen LogP contribution in [0.3, 0.4) is 0 Å². The van der Waals surface area contributed by atoms with Gasteiger partial charge in [-0.1, -0.05) is 67.6 Å². The lowest BCUT2D eigenvalue weighted by Gasteiger charge is -2.27. The summed E-state index contributed by atoms with van der Waals surface area (Å²) in [6.07, 6.45) is 4.95. The molecule has 9 nitrogen and oxygen atoms in total. The van der Waals surface area contributed by atoms with E-state index in [4.69, 9.17) is 0 Å². The number of likely N-dealkylation sites (N-methyl/N-ethyl adjacent to an activating group) is 1. The summed E-state index contributed by atoms with van der Waals surface area (Å²) in [6.45, 7) is 2.12. The van der Waals surface area contributed by atoms with Crippen LogP contribution in [0.5, 0.6) is 0 Å². The summed E-state index contributed by atoms with van der Waals surface area (Å²) in [4.78, 5) is 42.5.